The Morgan fingerprint density at radius 3 is 2.18 bits per heavy atom. The molecule has 0 radical (unpaired) electrons. The van der Waals surface area contributed by atoms with Crippen molar-refractivity contribution in [1.29, 1.82) is 0 Å². The van der Waals surface area contributed by atoms with Gasteiger partial charge in [-0.1, -0.05) is 55.8 Å². The molecular weight excluding hydrogens is 270 g/mol. The molecule has 2 rings (SSSR count). The molecule has 2 aromatic rings. The van der Waals surface area contributed by atoms with Crippen LogP contribution in [0.1, 0.15) is 41.7 Å². The normalized spacial score (nSPS) is 10.5. The number of nitrogens with one attached hydrogen (secondary N) is 1. The Morgan fingerprint density at radius 1 is 0.955 bits per heavy atom. The van der Waals surface area contributed by atoms with Crippen molar-refractivity contribution in [2.45, 2.75) is 47.0 Å². The standard InChI is InChI=1S/C20H25NO/c1-5-16-8-7-9-17(6-2)20(16)21-19(22)13-18-12-14(3)10-11-15(18)4/h7-12H,5-6,13H2,1-4H3,(H,21,22). The van der Waals surface area contributed by atoms with Gasteiger partial charge in [-0.15, -0.1) is 0 Å². The van der Waals surface area contributed by atoms with Crippen molar-refractivity contribution < 1.29 is 4.79 Å². The van der Waals surface area contributed by atoms with Crippen molar-refractivity contribution in [3.63, 3.8) is 0 Å². The zero-order valence-corrected chi connectivity index (χ0v) is 14.0. The van der Waals surface area contributed by atoms with Crippen molar-refractivity contribution in [3.05, 3.63) is 64.2 Å². The van der Waals surface area contributed by atoms with Crippen LogP contribution >= 0.6 is 0 Å². The summed E-state index contributed by atoms with van der Waals surface area (Å²) in [5.74, 6) is 0.0595. The summed E-state index contributed by atoms with van der Waals surface area (Å²) >= 11 is 0. The minimum absolute atomic E-state index is 0.0595. The van der Waals surface area contributed by atoms with Crippen molar-refractivity contribution in [2.75, 3.05) is 5.32 Å². The van der Waals surface area contributed by atoms with Gasteiger partial charge < -0.3 is 5.32 Å². The molecule has 0 aliphatic heterocycles. The van der Waals surface area contributed by atoms with Gasteiger partial charge >= 0.3 is 0 Å². The van der Waals surface area contributed by atoms with Crippen LogP contribution in [0.4, 0.5) is 5.69 Å². The molecule has 0 spiro atoms. The molecule has 1 N–H and O–H groups in total. The maximum atomic E-state index is 12.5. The Bertz CT molecular complexity index is 651. The minimum Gasteiger partial charge on any atom is -0.325 e. The van der Waals surface area contributed by atoms with Crippen LogP contribution in [0.15, 0.2) is 36.4 Å². The smallest absolute Gasteiger partial charge is 0.228 e. The van der Waals surface area contributed by atoms with E-state index in [1.165, 1.54) is 22.3 Å². The van der Waals surface area contributed by atoms with Gasteiger partial charge in [0.25, 0.3) is 0 Å². The molecule has 0 saturated carbocycles. The molecule has 0 aromatic heterocycles. The number of benzene rings is 2. The van der Waals surface area contributed by atoms with Crippen LogP contribution in [-0.4, -0.2) is 5.91 Å². The molecule has 0 aliphatic rings. The van der Waals surface area contributed by atoms with E-state index in [-0.39, 0.29) is 5.91 Å². The molecule has 22 heavy (non-hydrogen) atoms. The maximum Gasteiger partial charge on any atom is 0.228 e. The fourth-order valence-corrected chi connectivity index (χ4v) is 2.75. The van der Waals surface area contributed by atoms with Crippen molar-refractivity contribution in [1.82, 2.24) is 0 Å². The Balaban J connectivity index is 2.20. The topological polar surface area (TPSA) is 29.1 Å². The quantitative estimate of drug-likeness (QED) is 0.857. The van der Waals surface area contributed by atoms with Crippen LogP contribution in [0.5, 0.6) is 0 Å². The average molecular weight is 295 g/mol. The monoisotopic (exact) mass is 295 g/mol. The largest absolute Gasteiger partial charge is 0.325 e. The van der Waals surface area contributed by atoms with Crippen molar-refractivity contribution >= 4 is 11.6 Å². The highest BCUT2D eigenvalue weighted by Crippen LogP contribution is 2.23. The van der Waals surface area contributed by atoms with Crippen molar-refractivity contribution in [3.8, 4) is 0 Å². The second kappa shape index (κ2) is 7.26. The number of rotatable bonds is 5. The first-order valence-electron chi connectivity index (χ1n) is 8.01. The number of anilines is 1. The Labute approximate surface area is 133 Å². The van der Waals surface area contributed by atoms with E-state index in [2.05, 4.69) is 69.4 Å². The lowest BCUT2D eigenvalue weighted by atomic mass is 10.0. The third kappa shape index (κ3) is 3.76. The molecule has 0 heterocycles. The van der Waals surface area contributed by atoms with E-state index < -0.39 is 0 Å². The van der Waals surface area contributed by atoms with Crippen molar-refractivity contribution in [2.24, 2.45) is 0 Å². The van der Waals surface area contributed by atoms with Gasteiger partial charge in [-0.05, 0) is 48.9 Å². The van der Waals surface area contributed by atoms with Gasteiger partial charge in [-0.2, -0.15) is 0 Å². The molecular formula is C20H25NO. The van der Waals surface area contributed by atoms with E-state index in [0.717, 1.165) is 24.1 Å². The molecule has 2 heteroatoms. The third-order valence-corrected chi connectivity index (χ3v) is 4.12. The van der Waals surface area contributed by atoms with Crippen LogP contribution in [0.2, 0.25) is 0 Å². The number of hydrogen-bond acceptors (Lipinski definition) is 1. The fraction of sp³-hybridized carbons (Fsp3) is 0.350. The molecule has 0 atom stereocenters. The van der Waals surface area contributed by atoms with Crippen LogP contribution in [0.25, 0.3) is 0 Å². The Morgan fingerprint density at radius 2 is 1.59 bits per heavy atom. The average Bonchev–Trinajstić information content (AvgIpc) is 2.51. The van der Waals surface area contributed by atoms with Gasteiger partial charge in [0.15, 0.2) is 0 Å². The summed E-state index contributed by atoms with van der Waals surface area (Å²) in [4.78, 5) is 12.5. The SMILES string of the molecule is CCc1cccc(CC)c1NC(=O)Cc1cc(C)ccc1C. The number of aryl methyl sites for hydroxylation is 4. The molecule has 1 amide bonds. The van der Waals surface area contributed by atoms with E-state index in [1.54, 1.807) is 0 Å². The summed E-state index contributed by atoms with van der Waals surface area (Å²) in [6, 6.07) is 12.5. The number of carbonyl (C=O) groups excluding carboxylic acids is 1. The lowest BCUT2D eigenvalue weighted by molar-refractivity contribution is -0.115. The van der Waals surface area contributed by atoms with Gasteiger partial charge in [0.2, 0.25) is 5.91 Å². The van der Waals surface area contributed by atoms with Gasteiger partial charge in [-0.3, -0.25) is 4.79 Å². The first kappa shape index (κ1) is 16.3. The Kier molecular flexibility index (Phi) is 5.37. The number of amides is 1. The van der Waals surface area contributed by atoms with Crippen LogP contribution in [0, 0.1) is 13.8 Å². The number of para-hydroxylation sites is 1. The van der Waals surface area contributed by atoms with E-state index in [4.69, 9.17) is 0 Å². The summed E-state index contributed by atoms with van der Waals surface area (Å²) in [6.07, 6.45) is 2.27. The molecule has 2 nitrogen and oxygen atoms in total. The predicted molar refractivity (Wildman–Crippen MR) is 93.4 cm³/mol. The first-order chi connectivity index (χ1) is 10.5. The molecule has 2 aromatic carbocycles. The fourth-order valence-electron chi connectivity index (χ4n) is 2.75. The van der Waals surface area contributed by atoms with Gasteiger partial charge in [0.05, 0.1) is 6.42 Å². The second-order valence-corrected chi connectivity index (χ2v) is 5.81. The zero-order valence-electron chi connectivity index (χ0n) is 14.0. The molecule has 116 valence electrons. The van der Waals surface area contributed by atoms with E-state index in [0.29, 0.717) is 6.42 Å². The van der Waals surface area contributed by atoms with Gasteiger partial charge in [0.1, 0.15) is 0 Å². The molecule has 0 aliphatic carbocycles. The number of carbonyl (C=O) groups is 1. The molecule has 0 bridgehead atoms. The van der Waals surface area contributed by atoms with E-state index in [9.17, 15) is 4.79 Å². The minimum atomic E-state index is 0.0595. The summed E-state index contributed by atoms with van der Waals surface area (Å²) in [5.41, 5.74) is 6.87. The summed E-state index contributed by atoms with van der Waals surface area (Å²) in [5, 5.41) is 3.14. The molecule has 0 unspecified atom stereocenters. The van der Waals surface area contributed by atoms with Gasteiger partial charge in [0, 0.05) is 5.69 Å². The van der Waals surface area contributed by atoms with E-state index >= 15 is 0 Å². The predicted octanol–water partition coefficient (Wildman–Crippen LogP) is 4.61. The second-order valence-electron chi connectivity index (χ2n) is 5.81. The maximum absolute atomic E-state index is 12.5. The van der Waals surface area contributed by atoms with Crippen LogP contribution in [0.3, 0.4) is 0 Å². The lowest BCUT2D eigenvalue weighted by Crippen LogP contribution is -2.17. The molecule has 0 saturated heterocycles. The van der Waals surface area contributed by atoms with Crippen LogP contribution in [-0.2, 0) is 24.1 Å². The Hall–Kier alpha value is -2.09. The summed E-state index contributed by atoms with van der Waals surface area (Å²) in [6.45, 7) is 8.35. The first-order valence-corrected chi connectivity index (χ1v) is 8.01. The van der Waals surface area contributed by atoms with Gasteiger partial charge in [-0.25, -0.2) is 0 Å². The summed E-state index contributed by atoms with van der Waals surface area (Å²) in [7, 11) is 0. The highest BCUT2D eigenvalue weighted by Gasteiger charge is 2.11. The number of hydrogen-bond donors (Lipinski definition) is 1. The van der Waals surface area contributed by atoms with Crippen LogP contribution < -0.4 is 5.32 Å². The summed E-state index contributed by atoms with van der Waals surface area (Å²) < 4.78 is 0. The highest BCUT2D eigenvalue weighted by molar-refractivity contribution is 5.94. The molecule has 0 fully saturated rings. The lowest BCUT2D eigenvalue weighted by Gasteiger charge is -2.15. The zero-order chi connectivity index (χ0) is 16.1. The van der Waals surface area contributed by atoms with E-state index in [1.807, 2.05) is 0 Å². The third-order valence-electron chi connectivity index (χ3n) is 4.12. The highest BCUT2D eigenvalue weighted by atomic mass is 16.1.